The Labute approximate surface area is 193 Å². The fourth-order valence-electron chi connectivity index (χ4n) is 4.10. The molecular formula is C28H48OS. The lowest BCUT2D eigenvalue weighted by molar-refractivity contribution is -0.118. The number of hydrogen-bond donors (Lipinski definition) is 1. The topological polar surface area (TPSA) is 17.1 Å². The van der Waals surface area contributed by atoms with Crippen LogP contribution in [0.25, 0.3) is 0 Å². The molecule has 1 rings (SSSR count). The number of carbonyl (C=O) groups excluding carboxylic acids is 1. The average molecular weight is 433 g/mol. The van der Waals surface area contributed by atoms with Crippen molar-refractivity contribution in [2.24, 2.45) is 0 Å². The van der Waals surface area contributed by atoms with Gasteiger partial charge in [0, 0.05) is 12.8 Å². The number of carbonyl (C=O) groups is 1. The van der Waals surface area contributed by atoms with Crippen molar-refractivity contribution in [2.75, 3.05) is 5.75 Å². The molecule has 0 bridgehead atoms. The molecule has 0 heterocycles. The Morgan fingerprint density at radius 1 is 0.633 bits per heavy atom. The van der Waals surface area contributed by atoms with Gasteiger partial charge in [-0.25, -0.2) is 0 Å². The lowest BCUT2D eigenvalue weighted by Gasteiger charge is -2.05. The molecule has 0 radical (unpaired) electrons. The normalized spacial score (nSPS) is 11.1. The predicted molar refractivity (Wildman–Crippen MR) is 137 cm³/mol. The highest BCUT2D eigenvalue weighted by atomic mass is 32.1. The second-order valence-electron chi connectivity index (χ2n) is 9.06. The third kappa shape index (κ3) is 16.0. The van der Waals surface area contributed by atoms with Gasteiger partial charge in [0.2, 0.25) is 0 Å². The minimum atomic E-state index is 0.405. The standard InChI is InChI=1S/C28H48OS/c1-2-3-4-5-9-13-16-19-28(29)25-27-22-20-26(21-23-27)18-15-12-10-7-6-8-11-14-17-24-30/h20-23,30H,2-19,24-25H2,1H3. The van der Waals surface area contributed by atoms with Crippen molar-refractivity contribution >= 4 is 18.4 Å². The molecule has 1 aromatic rings. The van der Waals surface area contributed by atoms with Gasteiger partial charge in [0.1, 0.15) is 5.78 Å². The number of Topliss-reactive ketones (excluding diaryl/α,β-unsaturated/α-hetero) is 1. The van der Waals surface area contributed by atoms with Gasteiger partial charge in [0.05, 0.1) is 0 Å². The molecule has 0 N–H and O–H groups in total. The quantitative estimate of drug-likeness (QED) is 0.151. The SMILES string of the molecule is CCCCCCCCCC(=O)Cc1ccc(CCCCCCCCCCCS)cc1. The highest BCUT2D eigenvalue weighted by molar-refractivity contribution is 7.80. The fraction of sp³-hybridized carbons (Fsp3) is 0.750. The molecule has 30 heavy (non-hydrogen) atoms. The van der Waals surface area contributed by atoms with Crippen molar-refractivity contribution in [1.82, 2.24) is 0 Å². The summed E-state index contributed by atoms with van der Waals surface area (Å²) in [7, 11) is 0. The Bertz CT molecular complexity index is 508. The predicted octanol–water partition coefficient (Wildman–Crippen LogP) is 8.92. The van der Waals surface area contributed by atoms with E-state index in [1.54, 1.807) is 0 Å². The zero-order valence-electron chi connectivity index (χ0n) is 19.8. The molecule has 0 fully saturated rings. The molecule has 0 atom stereocenters. The van der Waals surface area contributed by atoms with Crippen LogP contribution in [0.1, 0.15) is 127 Å². The van der Waals surface area contributed by atoms with E-state index < -0.39 is 0 Å². The minimum Gasteiger partial charge on any atom is -0.299 e. The third-order valence-electron chi connectivity index (χ3n) is 6.11. The highest BCUT2D eigenvalue weighted by Gasteiger charge is 2.04. The molecule has 2 heteroatoms. The van der Waals surface area contributed by atoms with E-state index in [1.165, 1.54) is 114 Å². The van der Waals surface area contributed by atoms with Crippen LogP contribution in [-0.2, 0) is 17.6 Å². The first-order valence-electron chi connectivity index (χ1n) is 13.0. The van der Waals surface area contributed by atoms with E-state index in [0.717, 1.165) is 18.6 Å². The van der Waals surface area contributed by atoms with Crippen LogP contribution >= 0.6 is 12.6 Å². The maximum Gasteiger partial charge on any atom is 0.137 e. The number of aryl methyl sites for hydroxylation is 1. The first-order chi connectivity index (χ1) is 14.8. The van der Waals surface area contributed by atoms with Gasteiger partial charge in [0.25, 0.3) is 0 Å². The molecule has 0 saturated heterocycles. The smallest absolute Gasteiger partial charge is 0.137 e. The molecule has 172 valence electrons. The molecule has 0 aliphatic heterocycles. The minimum absolute atomic E-state index is 0.405. The van der Waals surface area contributed by atoms with Crippen LogP contribution in [0.4, 0.5) is 0 Å². The molecule has 0 amide bonds. The number of rotatable bonds is 21. The van der Waals surface area contributed by atoms with Crippen molar-refractivity contribution in [3.63, 3.8) is 0 Å². The van der Waals surface area contributed by atoms with Crippen molar-refractivity contribution in [3.05, 3.63) is 35.4 Å². The molecule has 0 spiro atoms. The van der Waals surface area contributed by atoms with Gasteiger partial charge >= 0.3 is 0 Å². The summed E-state index contributed by atoms with van der Waals surface area (Å²) >= 11 is 4.26. The molecule has 1 aromatic carbocycles. The van der Waals surface area contributed by atoms with Crippen LogP contribution in [0, 0.1) is 0 Å². The summed E-state index contributed by atoms with van der Waals surface area (Å²) in [6.45, 7) is 2.25. The van der Waals surface area contributed by atoms with E-state index in [2.05, 4.69) is 43.8 Å². The maximum atomic E-state index is 12.2. The molecule has 0 unspecified atom stereocenters. The summed E-state index contributed by atoms with van der Waals surface area (Å²) in [6.07, 6.45) is 23.7. The highest BCUT2D eigenvalue weighted by Crippen LogP contribution is 2.14. The van der Waals surface area contributed by atoms with E-state index >= 15 is 0 Å². The van der Waals surface area contributed by atoms with Crippen LogP contribution in [0.3, 0.4) is 0 Å². The number of ketones is 1. The van der Waals surface area contributed by atoms with Gasteiger partial charge in [-0.1, -0.05) is 115 Å². The number of thiol groups is 1. The van der Waals surface area contributed by atoms with E-state index in [9.17, 15) is 4.79 Å². The van der Waals surface area contributed by atoms with Crippen molar-refractivity contribution < 1.29 is 4.79 Å². The summed E-state index contributed by atoms with van der Waals surface area (Å²) < 4.78 is 0. The van der Waals surface area contributed by atoms with Gasteiger partial charge in [0.15, 0.2) is 0 Å². The summed E-state index contributed by atoms with van der Waals surface area (Å²) in [4.78, 5) is 12.2. The maximum absolute atomic E-state index is 12.2. The Balaban J connectivity index is 2.02. The monoisotopic (exact) mass is 432 g/mol. The number of benzene rings is 1. The zero-order chi connectivity index (χ0) is 21.7. The van der Waals surface area contributed by atoms with Gasteiger partial charge in [-0.3, -0.25) is 4.79 Å². The first kappa shape index (κ1) is 27.3. The third-order valence-corrected chi connectivity index (χ3v) is 6.42. The summed E-state index contributed by atoms with van der Waals surface area (Å²) in [5.74, 6) is 1.44. The van der Waals surface area contributed by atoms with Gasteiger partial charge in [-0.05, 0) is 42.6 Å². The number of unbranched alkanes of at least 4 members (excludes halogenated alkanes) is 14. The largest absolute Gasteiger partial charge is 0.299 e. The molecular weight excluding hydrogens is 384 g/mol. The fourth-order valence-corrected chi connectivity index (χ4v) is 4.32. The lowest BCUT2D eigenvalue weighted by atomic mass is 10.00. The molecule has 0 aliphatic carbocycles. The van der Waals surface area contributed by atoms with Gasteiger partial charge < -0.3 is 0 Å². The zero-order valence-corrected chi connectivity index (χ0v) is 20.7. The Morgan fingerprint density at radius 3 is 1.67 bits per heavy atom. The van der Waals surface area contributed by atoms with Crippen LogP contribution in [0.2, 0.25) is 0 Å². The van der Waals surface area contributed by atoms with E-state index in [0.29, 0.717) is 12.2 Å². The summed E-state index contributed by atoms with van der Waals surface area (Å²) in [6, 6.07) is 8.81. The first-order valence-corrected chi connectivity index (χ1v) is 13.6. The van der Waals surface area contributed by atoms with Crippen molar-refractivity contribution in [2.45, 2.75) is 129 Å². The van der Waals surface area contributed by atoms with Crippen LogP contribution < -0.4 is 0 Å². The van der Waals surface area contributed by atoms with Gasteiger partial charge in [-0.2, -0.15) is 12.6 Å². The Kier molecular flexibility index (Phi) is 18.3. The van der Waals surface area contributed by atoms with Gasteiger partial charge in [-0.15, -0.1) is 0 Å². The van der Waals surface area contributed by atoms with Crippen LogP contribution in [0.5, 0.6) is 0 Å². The van der Waals surface area contributed by atoms with Crippen LogP contribution in [0.15, 0.2) is 24.3 Å². The van der Waals surface area contributed by atoms with E-state index in [1.807, 2.05) is 0 Å². The molecule has 0 aromatic heterocycles. The summed E-state index contributed by atoms with van der Waals surface area (Å²) in [5, 5.41) is 0. The Hall–Kier alpha value is -0.760. The molecule has 0 saturated carbocycles. The number of hydrogen-bond acceptors (Lipinski definition) is 2. The summed E-state index contributed by atoms with van der Waals surface area (Å²) in [5.41, 5.74) is 2.61. The Morgan fingerprint density at radius 2 is 1.10 bits per heavy atom. The van der Waals surface area contributed by atoms with E-state index in [-0.39, 0.29) is 0 Å². The second-order valence-corrected chi connectivity index (χ2v) is 9.51. The average Bonchev–Trinajstić information content (AvgIpc) is 2.75. The van der Waals surface area contributed by atoms with Crippen LogP contribution in [-0.4, -0.2) is 11.5 Å². The second kappa shape index (κ2) is 20.2. The molecule has 0 aliphatic rings. The lowest BCUT2D eigenvalue weighted by Crippen LogP contribution is -2.02. The van der Waals surface area contributed by atoms with Crippen molar-refractivity contribution in [1.29, 1.82) is 0 Å². The van der Waals surface area contributed by atoms with E-state index in [4.69, 9.17) is 0 Å². The van der Waals surface area contributed by atoms with Crippen molar-refractivity contribution in [3.8, 4) is 0 Å². The molecule has 1 nitrogen and oxygen atoms in total.